The average molecular weight is 490 g/mol. The number of imidazole rings is 1. The minimum absolute atomic E-state index is 0.00549. The van der Waals surface area contributed by atoms with E-state index in [0.29, 0.717) is 23.6 Å². The van der Waals surface area contributed by atoms with Crippen molar-refractivity contribution in [3.63, 3.8) is 0 Å². The average Bonchev–Trinajstić information content (AvgIpc) is 3.52. The molecule has 1 aliphatic carbocycles. The minimum Gasteiger partial charge on any atom is -0.394 e. The molecule has 2 aromatic heterocycles. The van der Waals surface area contributed by atoms with Gasteiger partial charge in [0.15, 0.2) is 23.2 Å². The molecular weight excluding hydrogens is 462 g/mol. The van der Waals surface area contributed by atoms with Crippen molar-refractivity contribution in [3.05, 3.63) is 47.0 Å². The Bertz CT molecular complexity index is 1160. The summed E-state index contributed by atoms with van der Waals surface area (Å²) in [7, 11) is 0. The van der Waals surface area contributed by atoms with Crippen LogP contribution in [0, 0.1) is 6.92 Å². The maximum Gasteiger partial charge on any atom is 0.226 e. The third kappa shape index (κ3) is 4.37. The van der Waals surface area contributed by atoms with E-state index >= 15 is 0 Å². The van der Waals surface area contributed by atoms with Gasteiger partial charge in [-0.25, -0.2) is 4.98 Å². The predicted molar refractivity (Wildman–Crippen MR) is 124 cm³/mol. The van der Waals surface area contributed by atoms with E-state index in [4.69, 9.17) is 21.1 Å². The van der Waals surface area contributed by atoms with Gasteiger partial charge >= 0.3 is 0 Å². The number of aryl methyl sites for hydroxylation is 1. The minimum atomic E-state index is -1.26. The molecule has 0 amide bonds. The van der Waals surface area contributed by atoms with Crippen LogP contribution in [0.25, 0.3) is 11.2 Å². The van der Waals surface area contributed by atoms with Crippen molar-refractivity contribution in [3.8, 4) is 0 Å². The van der Waals surface area contributed by atoms with Crippen molar-refractivity contribution in [2.24, 2.45) is 0 Å². The second kappa shape index (κ2) is 9.73. The summed E-state index contributed by atoms with van der Waals surface area (Å²) >= 11 is 6.23. The number of nitrogens with zero attached hydrogens (tertiary/aromatic N) is 4. The highest BCUT2D eigenvalue weighted by atomic mass is 35.5. The fourth-order valence-corrected chi connectivity index (χ4v) is 4.89. The molecule has 34 heavy (non-hydrogen) atoms. The molecule has 1 aliphatic heterocycles. The quantitative estimate of drug-likeness (QED) is 0.367. The van der Waals surface area contributed by atoms with Gasteiger partial charge in [0.2, 0.25) is 5.28 Å². The summed E-state index contributed by atoms with van der Waals surface area (Å²) in [5.41, 5.74) is 3.18. The predicted octanol–water partition coefficient (Wildman–Crippen LogP) is 1.95. The summed E-state index contributed by atoms with van der Waals surface area (Å²) < 4.78 is 13.4. The molecule has 5 rings (SSSR count). The van der Waals surface area contributed by atoms with Gasteiger partial charge in [-0.05, 0) is 48.9 Å². The highest BCUT2D eigenvalue weighted by Crippen LogP contribution is 2.34. The van der Waals surface area contributed by atoms with Crippen LogP contribution in [0.4, 0.5) is 5.82 Å². The number of aliphatic hydroxyl groups is 3. The Labute approximate surface area is 201 Å². The fraction of sp³-hybridized carbons (Fsp3) is 0.522. The lowest BCUT2D eigenvalue weighted by Gasteiger charge is -2.23. The first kappa shape index (κ1) is 23.4. The molecule has 4 N–H and O–H groups in total. The molecule has 2 aliphatic rings. The topological polar surface area (TPSA) is 135 Å². The van der Waals surface area contributed by atoms with Crippen LogP contribution in [0.2, 0.25) is 5.28 Å². The molecule has 1 saturated carbocycles. The van der Waals surface area contributed by atoms with E-state index in [-0.39, 0.29) is 17.4 Å². The van der Waals surface area contributed by atoms with E-state index in [1.54, 1.807) is 0 Å². The largest absolute Gasteiger partial charge is 0.394 e. The molecule has 2 fully saturated rings. The Morgan fingerprint density at radius 2 is 2.03 bits per heavy atom. The molecule has 182 valence electrons. The number of ether oxygens (including phenoxy) is 2. The van der Waals surface area contributed by atoms with Crippen LogP contribution < -0.4 is 5.32 Å². The van der Waals surface area contributed by atoms with Gasteiger partial charge in [-0.2, -0.15) is 9.97 Å². The number of benzene rings is 1. The maximum absolute atomic E-state index is 10.4. The van der Waals surface area contributed by atoms with Gasteiger partial charge in [-0.15, -0.1) is 0 Å². The van der Waals surface area contributed by atoms with Crippen molar-refractivity contribution in [2.75, 3.05) is 11.9 Å². The number of rotatable bonds is 7. The summed E-state index contributed by atoms with van der Waals surface area (Å²) in [6.45, 7) is 2.19. The van der Waals surface area contributed by atoms with Gasteiger partial charge in [0.05, 0.1) is 31.7 Å². The van der Waals surface area contributed by atoms with Crippen molar-refractivity contribution >= 4 is 28.6 Å². The van der Waals surface area contributed by atoms with E-state index in [1.165, 1.54) is 16.5 Å². The van der Waals surface area contributed by atoms with Crippen molar-refractivity contribution in [1.82, 2.24) is 19.5 Å². The van der Waals surface area contributed by atoms with Gasteiger partial charge in [0.25, 0.3) is 0 Å². The molecule has 0 radical (unpaired) electrons. The van der Waals surface area contributed by atoms with Crippen LogP contribution in [-0.2, 0) is 16.1 Å². The first-order chi connectivity index (χ1) is 16.5. The van der Waals surface area contributed by atoms with E-state index in [9.17, 15) is 15.3 Å². The summed E-state index contributed by atoms with van der Waals surface area (Å²) in [5, 5.41) is 33.4. The highest BCUT2D eigenvalue weighted by Gasteiger charge is 2.44. The summed E-state index contributed by atoms with van der Waals surface area (Å²) in [6, 6.07) is 8.20. The molecule has 0 spiro atoms. The Balaban J connectivity index is 1.36. The lowest BCUT2D eigenvalue weighted by atomic mass is 10.1. The zero-order valence-electron chi connectivity index (χ0n) is 18.7. The maximum atomic E-state index is 10.4. The molecule has 3 aromatic rings. The van der Waals surface area contributed by atoms with Crippen LogP contribution >= 0.6 is 11.6 Å². The van der Waals surface area contributed by atoms with E-state index < -0.39 is 31.1 Å². The van der Waals surface area contributed by atoms with E-state index in [1.807, 2.05) is 12.1 Å². The lowest BCUT2D eigenvalue weighted by molar-refractivity contribution is -0.0511. The van der Waals surface area contributed by atoms with Crippen LogP contribution in [0.15, 0.2) is 30.6 Å². The van der Waals surface area contributed by atoms with Crippen LogP contribution in [-0.4, -0.2) is 71.9 Å². The van der Waals surface area contributed by atoms with Crippen LogP contribution in [0.5, 0.6) is 0 Å². The highest BCUT2D eigenvalue weighted by molar-refractivity contribution is 6.28. The number of hydrogen-bond donors (Lipinski definition) is 4. The van der Waals surface area contributed by atoms with Crippen LogP contribution in [0.1, 0.15) is 36.6 Å². The Morgan fingerprint density at radius 1 is 1.21 bits per heavy atom. The smallest absolute Gasteiger partial charge is 0.226 e. The van der Waals surface area contributed by atoms with Crippen molar-refractivity contribution in [2.45, 2.75) is 69.5 Å². The summed E-state index contributed by atoms with van der Waals surface area (Å²) in [6.07, 6.45) is -0.0206. The number of aromatic nitrogens is 4. The summed E-state index contributed by atoms with van der Waals surface area (Å²) in [5.74, 6) is 0.469. The number of halogens is 1. The zero-order valence-corrected chi connectivity index (χ0v) is 19.5. The number of aliphatic hydroxyl groups excluding tert-OH is 3. The fourth-order valence-electron chi connectivity index (χ4n) is 4.72. The molecular formula is C23H28ClN5O5. The number of fused-ring (bicyclic) bond motifs is 1. The van der Waals surface area contributed by atoms with Gasteiger partial charge in [-0.3, -0.25) is 4.57 Å². The number of hydrogen-bond acceptors (Lipinski definition) is 9. The molecule has 1 saturated heterocycles. The number of anilines is 1. The molecule has 1 aromatic carbocycles. The molecule has 0 unspecified atom stereocenters. The monoisotopic (exact) mass is 489 g/mol. The van der Waals surface area contributed by atoms with E-state index in [2.05, 4.69) is 39.3 Å². The Kier molecular flexibility index (Phi) is 6.70. The van der Waals surface area contributed by atoms with Crippen LogP contribution in [0.3, 0.4) is 0 Å². The standard InChI is InChI=1S/C23H28ClN5O5/c1-12-5-2-3-6-13(12)10-33-15-8-4-7-14(15)26-20-17-21(28-23(24)27-20)29(11-25-17)22-19(32)18(31)16(9-30)34-22/h2-3,5-6,11,14-16,18-19,22,30-32H,4,7-10H2,1H3,(H,26,27,28)/t14-,15-,16+,18+,19+,22+/m0/s1. The first-order valence-corrected chi connectivity index (χ1v) is 11.8. The Hall–Kier alpha value is -2.34. The number of nitrogens with one attached hydrogen (secondary N) is 1. The van der Waals surface area contributed by atoms with Gasteiger partial charge < -0.3 is 30.1 Å². The Morgan fingerprint density at radius 3 is 2.79 bits per heavy atom. The molecule has 11 heteroatoms. The molecule has 6 atom stereocenters. The first-order valence-electron chi connectivity index (χ1n) is 11.4. The zero-order chi connectivity index (χ0) is 23.8. The van der Waals surface area contributed by atoms with Crippen molar-refractivity contribution in [1.29, 1.82) is 0 Å². The molecule has 3 heterocycles. The van der Waals surface area contributed by atoms with Gasteiger partial charge in [0.1, 0.15) is 18.3 Å². The van der Waals surface area contributed by atoms with E-state index in [0.717, 1.165) is 24.8 Å². The SMILES string of the molecule is Cc1ccccc1CO[C@H]1CCC[C@@H]1Nc1nc(Cl)nc2c1ncn2[C@@H]1O[C@H](CO)[C@@H](O)[C@H]1O. The van der Waals surface area contributed by atoms with Gasteiger partial charge in [-0.1, -0.05) is 24.3 Å². The molecule has 10 nitrogen and oxygen atoms in total. The third-order valence-corrected chi connectivity index (χ3v) is 6.84. The normalized spacial score (nSPS) is 29.2. The van der Waals surface area contributed by atoms with Gasteiger partial charge in [0, 0.05) is 0 Å². The molecule has 0 bridgehead atoms. The second-order valence-corrected chi connectivity index (χ2v) is 9.19. The summed E-state index contributed by atoms with van der Waals surface area (Å²) in [4.78, 5) is 13.1. The second-order valence-electron chi connectivity index (χ2n) is 8.85. The third-order valence-electron chi connectivity index (χ3n) is 6.67. The van der Waals surface area contributed by atoms with Crippen molar-refractivity contribution < 1.29 is 24.8 Å². The lowest BCUT2D eigenvalue weighted by Crippen LogP contribution is -2.33.